The average molecular weight is 229 g/mol. The monoisotopic (exact) mass is 229 g/mol. The molecule has 2 N–H and O–H groups in total. The van der Waals surface area contributed by atoms with Crippen LogP contribution in [-0.2, 0) is 9.53 Å². The fourth-order valence-corrected chi connectivity index (χ4v) is 2.15. The van der Waals surface area contributed by atoms with Crippen LogP contribution in [0.4, 0.5) is 0 Å². The lowest BCUT2D eigenvalue weighted by Gasteiger charge is -2.39. The topological polar surface area (TPSA) is 58.6 Å². The van der Waals surface area contributed by atoms with E-state index >= 15 is 0 Å². The third kappa shape index (κ3) is 3.46. The predicted octanol–water partition coefficient (Wildman–Crippen LogP) is 1.50. The van der Waals surface area contributed by atoms with Crippen molar-refractivity contribution >= 4 is 5.97 Å². The first-order valence-corrected chi connectivity index (χ1v) is 6.02. The van der Waals surface area contributed by atoms with Crippen LogP contribution in [0.15, 0.2) is 0 Å². The average Bonchev–Trinajstić information content (AvgIpc) is 2.16. The summed E-state index contributed by atoms with van der Waals surface area (Å²) in [6.45, 7) is 8.78. The molecule has 1 aliphatic rings. The van der Waals surface area contributed by atoms with E-state index in [4.69, 9.17) is 9.84 Å². The summed E-state index contributed by atoms with van der Waals surface area (Å²) in [6.07, 6.45) is 1.11. The van der Waals surface area contributed by atoms with Gasteiger partial charge in [0.25, 0.3) is 0 Å². The van der Waals surface area contributed by atoms with Gasteiger partial charge in [0.15, 0.2) is 0 Å². The zero-order valence-electron chi connectivity index (χ0n) is 10.6. The van der Waals surface area contributed by atoms with Crippen LogP contribution >= 0.6 is 0 Å². The number of hydrogen-bond donors (Lipinski definition) is 2. The maximum atomic E-state index is 10.9. The summed E-state index contributed by atoms with van der Waals surface area (Å²) in [7, 11) is 0. The quantitative estimate of drug-likeness (QED) is 0.767. The van der Waals surface area contributed by atoms with E-state index in [0.29, 0.717) is 11.8 Å². The first-order valence-electron chi connectivity index (χ1n) is 6.02. The Morgan fingerprint density at radius 3 is 2.50 bits per heavy atom. The molecular weight excluding hydrogens is 206 g/mol. The summed E-state index contributed by atoms with van der Waals surface area (Å²) in [6, 6.07) is -0.423. The van der Waals surface area contributed by atoms with Gasteiger partial charge < -0.3 is 9.84 Å². The zero-order valence-corrected chi connectivity index (χ0v) is 10.6. The number of rotatable bonds is 4. The second-order valence-electron chi connectivity index (χ2n) is 5.33. The number of hydrogen-bond acceptors (Lipinski definition) is 3. The molecule has 0 aromatic carbocycles. The van der Waals surface area contributed by atoms with Crippen molar-refractivity contribution in [2.45, 2.75) is 52.3 Å². The smallest absolute Gasteiger partial charge is 0.323 e. The first kappa shape index (κ1) is 13.5. The summed E-state index contributed by atoms with van der Waals surface area (Å²) >= 11 is 0. The van der Waals surface area contributed by atoms with E-state index in [0.717, 1.165) is 6.42 Å². The molecule has 4 nitrogen and oxygen atoms in total. The van der Waals surface area contributed by atoms with Gasteiger partial charge in [-0.25, -0.2) is 0 Å². The Balaban J connectivity index is 2.63. The van der Waals surface area contributed by atoms with E-state index < -0.39 is 12.0 Å². The number of carboxylic acid groups (broad SMARTS) is 1. The van der Waals surface area contributed by atoms with Gasteiger partial charge in [-0.3, -0.25) is 10.1 Å². The van der Waals surface area contributed by atoms with Gasteiger partial charge in [-0.2, -0.15) is 0 Å². The Labute approximate surface area is 97.4 Å². The SMILES string of the molecule is CC(C)CC1OCC(C(=O)O)NC1C(C)C. The predicted molar refractivity (Wildman–Crippen MR) is 62.4 cm³/mol. The molecule has 94 valence electrons. The molecule has 16 heavy (non-hydrogen) atoms. The second-order valence-corrected chi connectivity index (χ2v) is 5.33. The highest BCUT2D eigenvalue weighted by molar-refractivity contribution is 5.73. The number of aliphatic carboxylic acids is 1. The first-order chi connectivity index (χ1) is 7.41. The normalized spacial score (nSPS) is 31.0. The van der Waals surface area contributed by atoms with E-state index in [-0.39, 0.29) is 18.8 Å². The molecule has 0 aliphatic carbocycles. The molecule has 1 aliphatic heterocycles. The van der Waals surface area contributed by atoms with Crippen molar-refractivity contribution in [2.75, 3.05) is 6.61 Å². The van der Waals surface area contributed by atoms with Crippen molar-refractivity contribution in [3.8, 4) is 0 Å². The van der Waals surface area contributed by atoms with Gasteiger partial charge >= 0.3 is 5.97 Å². The lowest BCUT2D eigenvalue weighted by molar-refractivity contribution is -0.147. The molecule has 3 unspecified atom stereocenters. The maximum Gasteiger partial charge on any atom is 0.323 e. The lowest BCUT2D eigenvalue weighted by Crippen LogP contribution is -2.59. The molecule has 1 heterocycles. The van der Waals surface area contributed by atoms with E-state index in [9.17, 15) is 4.79 Å². The molecule has 3 atom stereocenters. The summed E-state index contributed by atoms with van der Waals surface area (Å²) < 4.78 is 5.69. The van der Waals surface area contributed by atoms with Crippen LogP contribution in [-0.4, -0.2) is 35.9 Å². The van der Waals surface area contributed by atoms with E-state index in [1.807, 2.05) is 0 Å². The van der Waals surface area contributed by atoms with Crippen LogP contribution in [0.2, 0.25) is 0 Å². The van der Waals surface area contributed by atoms with Gasteiger partial charge in [-0.15, -0.1) is 0 Å². The molecule has 0 radical (unpaired) electrons. The zero-order chi connectivity index (χ0) is 12.3. The highest BCUT2D eigenvalue weighted by atomic mass is 16.5. The molecule has 0 bridgehead atoms. The number of nitrogens with one attached hydrogen (secondary N) is 1. The summed E-state index contributed by atoms with van der Waals surface area (Å²) in [4.78, 5) is 10.9. The highest BCUT2D eigenvalue weighted by Crippen LogP contribution is 2.21. The van der Waals surface area contributed by atoms with Crippen LogP contribution in [0.1, 0.15) is 34.1 Å². The Hall–Kier alpha value is -0.610. The van der Waals surface area contributed by atoms with Crippen molar-refractivity contribution in [1.82, 2.24) is 5.32 Å². The van der Waals surface area contributed by atoms with Gasteiger partial charge in [-0.05, 0) is 18.3 Å². The van der Waals surface area contributed by atoms with Crippen LogP contribution in [0.3, 0.4) is 0 Å². The van der Waals surface area contributed by atoms with Crippen LogP contribution in [0.25, 0.3) is 0 Å². The Bertz CT molecular complexity index is 240. The van der Waals surface area contributed by atoms with Crippen molar-refractivity contribution < 1.29 is 14.6 Å². The number of carbonyl (C=O) groups is 1. The minimum atomic E-state index is -0.825. The summed E-state index contributed by atoms with van der Waals surface area (Å²) in [5, 5.41) is 12.1. The van der Waals surface area contributed by atoms with Gasteiger partial charge in [0, 0.05) is 6.04 Å². The van der Waals surface area contributed by atoms with Gasteiger partial charge in [-0.1, -0.05) is 27.7 Å². The molecular formula is C12H23NO3. The van der Waals surface area contributed by atoms with Crippen molar-refractivity contribution in [3.63, 3.8) is 0 Å². The standard InChI is InChI=1S/C12H23NO3/c1-7(2)5-10-11(8(3)4)13-9(6-16-10)12(14)15/h7-11,13H,5-6H2,1-4H3,(H,14,15). The van der Waals surface area contributed by atoms with E-state index in [1.165, 1.54) is 0 Å². The fraction of sp³-hybridized carbons (Fsp3) is 0.917. The van der Waals surface area contributed by atoms with Crippen LogP contribution in [0.5, 0.6) is 0 Å². The van der Waals surface area contributed by atoms with Crippen LogP contribution in [0, 0.1) is 11.8 Å². The van der Waals surface area contributed by atoms with E-state index in [2.05, 4.69) is 33.0 Å². The van der Waals surface area contributed by atoms with E-state index in [1.54, 1.807) is 0 Å². The summed E-state index contributed by atoms with van der Waals surface area (Å²) in [5.41, 5.74) is 0. The number of morpholine rings is 1. The Morgan fingerprint density at radius 1 is 1.44 bits per heavy atom. The largest absolute Gasteiger partial charge is 0.480 e. The highest BCUT2D eigenvalue weighted by Gasteiger charge is 2.35. The minimum absolute atomic E-state index is 0.135. The van der Waals surface area contributed by atoms with Crippen molar-refractivity contribution in [1.29, 1.82) is 0 Å². The molecule has 1 rings (SSSR count). The molecule has 0 aromatic heterocycles. The third-order valence-electron chi connectivity index (χ3n) is 2.99. The second kappa shape index (κ2) is 5.64. The number of carboxylic acids is 1. The molecule has 1 saturated heterocycles. The molecule has 0 amide bonds. The number of ether oxygens (including phenoxy) is 1. The maximum absolute atomic E-state index is 10.9. The molecule has 1 fully saturated rings. The minimum Gasteiger partial charge on any atom is -0.480 e. The molecule has 0 saturated carbocycles. The third-order valence-corrected chi connectivity index (χ3v) is 2.99. The van der Waals surface area contributed by atoms with Gasteiger partial charge in [0.2, 0.25) is 0 Å². The lowest BCUT2D eigenvalue weighted by atomic mass is 9.90. The van der Waals surface area contributed by atoms with Crippen molar-refractivity contribution in [2.24, 2.45) is 11.8 Å². The molecule has 0 spiro atoms. The van der Waals surface area contributed by atoms with Gasteiger partial charge in [0.05, 0.1) is 12.7 Å². The Morgan fingerprint density at radius 2 is 2.06 bits per heavy atom. The van der Waals surface area contributed by atoms with Crippen LogP contribution < -0.4 is 5.32 Å². The van der Waals surface area contributed by atoms with Crippen molar-refractivity contribution in [3.05, 3.63) is 0 Å². The molecule has 0 aromatic rings. The Kier molecular flexibility index (Phi) is 4.74. The molecule has 4 heteroatoms. The summed E-state index contributed by atoms with van der Waals surface area (Å²) in [5.74, 6) is 0.119. The fourth-order valence-electron chi connectivity index (χ4n) is 2.15. The van der Waals surface area contributed by atoms with Gasteiger partial charge in [0.1, 0.15) is 6.04 Å².